The maximum absolute atomic E-state index is 12.3. The molecule has 0 aliphatic heterocycles. The quantitative estimate of drug-likeness (QED) is 0.743. The van der Waals surface area contributed by atoms with E-state index in [4.69, 9.17) is 0 Å². The van der Waals surface area contributed by atoms with Crippen LogP contribution in [0, 0.1) is 6.92 Å². The maximum atomic E-state index is 12.3. The molecule has 2 aromatic heterocycles. The zero-order valence-electron chi connectivity index (χ0n) is 11.0. The number of aromatic nitrogens is 2. The van der Waals surface area contributed by atoms with Crippen molar-refractivity contribution in [3.8, 4) is 0 Å². The molecule has 0 radical (unpaired) electrons. The third kappa shape index (κ3) is 2.44. The van der Waals surface area contributed by atoms with E-state index in [0.717, 1.165) is 11.2 Å². The molecule has 3 rings (SSSR count). The Kier molecular flexibility index (Phi) is 3.06. The Morgan fingerprint density at radius 2 is 1.85 bits per heavy atom. The molecule has 3 aromatic rings. The Morgan fingerprint density at radius 1 is 1.10 bits per heavy atom. The van der Waals surface area contributed by atoms with Crippen LogP contribution >= 0.6 is 0 Å². The van der Waals surface area contributed by atoms with Gasteiger partial charge < -0.3 is 4.40 Å². The SMILES string of the molecule is Cc1ccc(S(=O)(=O)Cc2cn3ccccc3n2)cc1. The van der Waals surface area contributed by atoms with Gasteiger partial charge in [-0.3, -0.25) is 0 Å². The lowest BCUT2D eigenvalue weighted by Gasteiger charge is -2.02. The van der Waals surface area contributed by atoms with Gasteiger partial charge in [0.1, 0.15) is 5.65 Å². The van der Waals surface area contributed by atoms with E-state index in [1.807, 2.05) is 35.7 Å². The molecular weight excluding hydrogens is 272 g/mol. The molecule has 4 nitrogen and oxygen atoms in total. The predicted octanol–water partition coefficient (Wildman–Crippen LogP) is 2.62. The number of rotatable bonds is 3. The van der Waals surface area contributed by atoms with Crippen LogP contribution in [0.25, 0.3) is 5.65 Å². The number of aryl methyl sites for hydroxylation is 1. The molecule has 0 fully saturated rings. The molecule has 2 heterocycles. The average Bonchev–Trinajstić information content (AvgIpc) is 2.80. The van der Waals surface area contributed by atoms with Gasteiger partial charge in [0.2, 0.25) is 0 Å². The lowest BCUT2D eigenvalue weighted by Crippen LogP contribution is -2.05. The number of nitrogens with zero attached hydrogens (tertiary/aromatic N) is 2. The van der Waals surface area contributed by atoms with Crippen molar-refractivity contribution in [2.24, 2.45) is 0 Å². The molecule has 0 saturated carbocycles. The van der Waals surface area contributed by atoms with Crippen LogP contribution in [0.1, 0.15) is 11.3 Å². The second-order valence-electron chi connectivity index (χ2n) is 4.77. The Labute approximate surface area is 117 Å². The summed E-state index contributed by atoms with van der Waals surface area (Å²) in [6, 6.07) is 12.5. The lowest BCUT2D eigenvalue weighted by molar-refractivity contribution is 0.595. The third-order valence-corrected chi connectivity index (χ3v) is 4.80. The van der Waals surface area contributed by atoms with Gasteiger partial charge in [0.05, 0.1) is 16.3 Å². The van der Waals surface area contributed by atoms with Crippen molar-refractivity contribution in [2.45, 2.75) is 17.6 Å². The largest absolute Gasteiger partial charge is 0.307 e. The van der Waals surface area contributed by atoms with Gasteiger partial charge in [-0.1, -0.05) is 23.8 Å². The highest BCUT2D eigenvalue weighted by atomic mass is 32.2. The molecule has 0 aliphatic rings. The van der Waals surface area contributed by atoms with Crippen molar-refractivity contribution in [1.29, 1.82) is 0 Å². The van der Waals surface area contributed by atoms with Crippen molar-refractivity contribution in [2.75, 3.05) is 0 Å². The van der Waals surface area contributed by atoms with Gasteiger partial charge in [-0.15, -0.1) is 0 Å². The van der Waals surface area contributed by atoms with E-state index >= 15 is 0 Å². The van der Waals surface area contributed by atoms with Crippen LogP contribution in [-0.2, 0) is 15.6 Å². The molecule has 5 heteroatoms. The number of sulfone groups is 1. The Hall–Kier alpha value is -2.14. The molecule has 0 atom stereocenters. The summed E-state index contributed by atoms with van der Waals surface area (Å²) in [4.78, 5) is 4.66. The first kappa shape index (κ1) is 12.9. The summed E-state index contributed by atoms with van der Waals surface area (Å²) in [6.45, 7) is 1.93. The minimum Gasteiger partial charge on any atom is -0.307 e. The number of pyridine rings is 1. The third-order valence-electron chi connectivity index (χ3n) is 3.13. The molecule has 0 saturated heterocycles. The topological polar surface area (TPSA) is 51.4 Å². The zero-order valence-corrected chi connectivity index (χ0v) is 11.8. The van der Waals surface area contributed by atoms with E-state index in [0.29, 0.717) is 10.6 Å². The van der Waals surface area contributed by atoms with Crippen LogP contribution < -0.4 is 0 Å². The van der Waals surface area contributed by atoms with Crippen LogP contribution in [0.15, 0.2) is 59.8 Å². The first-order chi connectivity index (χ1) is 9.54. The number of imidazole rings is 1. The van der Waals surface area contributed by atoms with E-state index in [9.17, 15) is 8.42 Å². The molecule has 0 aliphatic carbocycles. The minimum absolute atomic E-state index is 0.0856. The number of hydrogen-bond acceptors (Lipinski definition) is 3. The smallest absolute Gasteiger partial charge is 0.184 e. The van der Waals surface area contributed by atoms with Crippen LogP contribution in [0.3, 0.4) is 0 Å². The number of hydrogen-bond donors (Lipinski definition) is 0. The molecule has 102 valence electrons. The van der Waals surface area contributed by atoms with E-state index in [2.05, 4.69) is 4.98 Å². The highest BCUT2D eigenvalue weighted by Gasteiger charge is 2.17. The van der Waals surface area contributed by atoms with Gasteiger partial charge >= 0.3 is 0 Å². The predicted molar refractivity (Wildman–Crippen MR) is 77.3 cm³/mol. The Morgan fingerprint density at radius 3 is 2.55 bits per heavy atom. The standard InChI is InChI=1S/C15H14N2O2S/c1-12-5-7-14(8-6-12)20(18,19)11-13-10-17-9-3-2-4-15(17)16-13/h2-10H,11H2,1H3. The van der Waals surface area contributed by atoms with E-state index < -0.39 is 9.84 Å². The van der Waals surface area contributed by atoms with Crippen molar-refractivity contribution in [3.05, 3.63) is 66.1 Å². The fourth-order valence-corrected chi connectivity index (χ4v) is 3.33. The van der Waals surface area contributed by atoms with Crippen LogP contribution in [0.4, 0.5) is 0 Å². The molecule has 1 aromatic carbocycles. The average molecular weight is 286 g/mol. The zero-order chi connectivity index (χ0) is 14.2. The summed E-state index contributed by atoms with van der Waals surface area (Å²) >= 11 is 0. The summed E-state index contributed by atoms with van der Waals surface area (Å²) < 4.78 is 26.5. The molecule has 0 amide bonds. The van der Waals surface area contributed by atoms with Gasteiger partial charge in [-0.2, -0.15) is 0 Å². The normalized spacial score (nSPS) is 11.8. The van der Waals surface area contributed by atoms with Crippen LogP contribution in [0.5, 0.6) is 0 Å². The second-order valence-corrected chi connectivity index (χ2v) is 6.76. The van der Waals surface area contributed by atoms with Gasteiger partial charge in [-0.25, -0.2) is 13.4 Å². The summed E-state index contributed by atoms with van der Waals surface area (Å²) in [5.74, 6) is -0.0856. The molecule has 0 N–H and O–H groups in total. The summed E-state index contributed by atoms with van der Waals surface area (Å²) in [5.41, 5.74) is 2.34. The van der Waals surface area contributed by atoms with Crippen molar-refractivity contribution in [1.82, 2.24) is 9.38 Å². The maximum Gasteiger partial charge on any atom is 0.184 e. The van der Waals surface area contributed by atoms with Crippen LogP contribution in [-0.4, -0.2) is 17.8 Å². The van der Waals surface area contributed by atoms with E-state index in [-0.39, 0.29) is 5.75 Å². The fourth-order valence-electron chi connectivity index (χ4n) is 2.08. The molecular formula is C15H14N2O2S. The van der Waals surface area contributed by atoms with Gasteiger partial charge in [0.25, 0.3) is 0 Å². The van der Waals surface area contributed by atoms with Gasteiger partial charge in [0.15, 0.2) is 9.84 Å². The molecule has 0 spiro atoms. The number of benzene rings is 1. The molecule has 0 bridgehead atoms. The van der Waals surface area contributed by atoms with E-state index in [1.54, 1.807) is 30.5 Å². The monoisotopic (exact) mass is 286 g/mol. The Balaban J connectivity index is 1.94. The lowest BCUT2D eigenvalue weighted by atomic mass is 10.2. The first-order valence-electron chi connectivity index (χ1n) is 6.27. The second kappa shape index (κ2) is 4.76. The Bertz CT molecular complexity index is 816. The van der Waals surface area contributed by atoms with Crippen molar-refractivity contribution in [3.63, 3.8) is 0 Å². The van der Waals surface area contributed by atoms with Crippen LogP contribution in [0.2, 0.25) is 0 Å². The van der Waals surface area contributed by atoms with E-state index in [1.165, 1.54) is 0 Å². The van der Waals surface area contributed by atoms with Crippen molar-refractivity contribution < 1.29 is 8.42 Å². The highest BCUT2D eigenvalue weighted by Crippen LogP contribution is 2.17. The first-order valence-corrected chi connectivity index (χ1v) is 7.92. The summed E-state index contributed by atoms with van der Waals surface area (Å²) in [5, 5.41) is 0. The van der Waals surface area contributed by atoms with Gasteiger partial charge in [-0.05, 0) is 31.2 Å². The van der Waals surface area contributed by atoms with Crippen molar-refractivity contribution >= 4 is 15.5 Å². The number of fused-ring (bicyclic) bond motifs is 1. The fraction of sp³-hybridized carbons (Fsp3) is 0.133. The highest BCUT2D eigenvalue weighted by molar-refractivity contribution is 7.90. The summed E-state index contributed by atoms with van der Waals surface area (Å²) in [6.07, 6.45) is 3.60. The van der Waals surface area contributed by atoms with Gasteiger partial charge in [0, 0.05) is 12.4 Å². The molecule has 20 heavy (non-hydrogen) atoms. The molecule has 0 unspecified atom stereocenters. The summed E-state index contributed by atoms with van der Waals surface area (Å²) in [7, 11) is -3.35. The minimum atomic E-state index is -3.35.